The summed E-state index contributed by atoms with van der Waals surface area (Å²) in [5.41, 5.74) is 1.49. The number of rotatable bonds is 4. The second-order valence-corrected chi connectivity index (χ2v) is 7.23. The Balaban J connectivity index is 1.64. The maximum Gasteiger partial charge on any atom is 0.295 e. The third-order valence-corrected chi connectivity index (χ3v) is 4.86. The molecule has 124 valence electrons. The van der Waals surface area contributed by atoms with Crippen molar-refractivity contribution in [1.82, 2.24) is 9.62 Å². The Bertz CT molecular complexity index is 726. The van der Waals surface area contributed by atoms with E-state index in [9.17, 15) is 13.2 Å². The van der Waals surface area contributed by atoms with E-state index in [4.69, 9.17) is 5.14 Å². The molecule has 1 amide bonds. The molecule has 0 aromatic heterocycles. The van der Waals surface area contributed by atoms with Gasteiger partial charge in [0.25, 0.3) is 16.1 Å². The van der Waals surface area contributed by atoms with Gasteiger partial charge in [0, 0.05) is 25.2 Å². The number of azo groups is 1. The van der Waals surface area contributed by atoms with Crippen molar-refractivity contribution >= 4 is 16.1 Å². The fraction of sp³-hybridized carbons (Fsp3) is 0.500. The predicted octanol–water partition coefficient (Wildman–Crippen LogP) is 0.796. The van der Waals surface area contributed by atoms with E-state index < -0.39 is 10.2 Å². The van der Waals surface area contributed by atoms with E-state index in [0.717, 1.165) is 31.5 Å². The molecule has 23 heavy (non-hydrogen) atoms. The number of fused-ring (bicyclic) bond motifs is 1. The number of carbonyl (C=O) groups is 1. The highest BCUT2D eigenvalue weighted by atomic mass is 32.2. The second kappa shape index (κ2) is 6.44. The fourth-order valence-corrected chi connectivity index (χ4v) is 3.51. The molecule has 8 nitrogen and oxygen atoms in total. The highest BCUT2D eigenvalue weighted by Gasteiger charge is 2.31. The van der Waals surface area contributed by atoms with Crippen LogP contribution in [0.1, 0.15) is 34.9 Å². The molecule has 1 unspecified atom stereocenters. The molecule has 0 radical (unpaired) electrons. The Morgan fingerprint density at radius 3 is 2.65 bits per heavy atom. The van der Waals surface area contributed by atoms with Crippen LogP contribution in [0.15, 0.2) is 34.5 Å². The Hall–Kier alpha value is -1.68. The Kier molecular flexibility index (Phi) is 4.53. The summed E-state index contributed by atoms with van der Waals surface area (Å²) < 4.78 is 24.3. The number of hydrogen-bond donors (Lipinski definition) is 2. The third-order valence-electron chi connectivity index (χ3n) is 4.30. The maximum atomic E-state index is 11.8. The average molecular weight is 337 g/mol. The summed E-state index contributed by atoms with van der Waals surface area (Å²) in [6, 6.07) is 7.39. The van der Waals surface area contributed by atoms with Crippen LogP contribution < -0.4 is 9.86 Å². The molecule has 1 fully saturated rings. The highest BCUT2D eigenvalue weighted by Crippen LogP contribution is 2.33. The average Bonchev–Trinajstić information content (AvgIpc) is 2.54. The SMILES string of the molecule is NS(=O)(=O)NCC1CCN(C2N=NC(=O)c3ccccc32)CC1. The lowest BCUT2D eigenvalue weighted by molar-refractivity contribution is 0.0937. The molecule has 0 saturated carbocycles. The highest BCUT2D eigenvalue weighted by molar-refractivity contribution is 7.87. The quantitative estimate of drug-likeness (QED) is 0.844. The first kappa shape index (κ1) is 16.2. The van der Waals surface area contributed by atoms with Gasteiger partial charge in [-0.05, 0) is 24.8 Å². The molecule has 9 heteroatoms. The molecule has 1 aromatic rings. The summed E-state index contributed by atoms with van der Waals surface area (Å²) in [6.45, 7) is 1.89. The van der Waals surface area contributed by atoms with Crippen LogP contribution >= 0.6 is 0 Å². The molecule has 2 heterocycles. The molecular formula is C14H19N5O3S. The first-order valence-electron chi connectivity index (χ1n) is 7.49. The Morgan fingerprint density at radius 2 is 1.96 bits per heavy atom. The van der Waals surface area contributed by atoms with E-state index in [1.807, 2.05) is 18.2 Å². The molecule has 1 atom stereocenters. The van der Waals surface area contributed by atoms with Crippen LogP contribution in [0.2, 0.25) is 0 Å². The van der Waals surface area contributed by atoms with E-state index >= 15 is 0 Å². The number of likely N-dealkylation sites (tertiary alicyclic amines) is 1. The van der Waals surface area contributed by atoms with Gasteiger partial charge in [-0.1, -0.05) is 18.2 Å². The van der Waals surface area contributed by atoms with Crippen molar-refractivity contribution in [3.63, 3.8) is 0 Å². The van der Waals surface area contributed by atoms with Crippen LogP contribution in [-0.4, -0.2) is 38.9 Å². The summed E-state index contributed by atoms with van der Waals surface area (Å²) >= 11 is 0. The van der Waals surface area contributed by atoms with Gasteiger partial charge in [-0.15, -0.1) is 5.11 Å². The van der Waals surface area contributed by atoms with Crippen molar-refractivity contribution in [3.8, 4) is 0 Å². The molecule has 2 aliphatic heterocycles. The van der Waals surface area contributed by atoms with Gasteiger partial charge in [0.2, 0.25) is 0 Å². The fourth-order valence-electron chi connectivity index (χ4n) is 3.05. The molecule has 0 spiro atoms. The monoisotopic (exact) mass is 337 g/mol. The van der Waals surface area contributed by atoms with Gasteiger partial charge in [0.1, 0.15) is 6.17 Å². The largest absolute Gasteiger partial charge is 0.295 e. The van der Waals surface area contributed by atoms with Gasteiger partial charge < -0.3 is 0 Å². The number of hydrogen-bond acceptors (Lipinski definition) is 5. The lowest BCUT2D eigenvalue weighted by Crippen LogP contribution is -2.41. The molecule has 0 aliphatic carbocycles. The maximum absolute atomic E-state index is 11.8. The molecular weight excluding hydrogens is 318 g/mol. The van der Waals surface area contributed by atoms with Gasteiger partial charge in [-0.2, -0.15) is 13.5 Å². The zero-order valence-corrected chi connectivity index (χ0v) is 13.4. The molecule has 3 N–H and O–H groups in total. The van der Waals surface area contributed by atoms with Gasteiger partial charge in [0.15, 0.2) is 0 Å². The predicted molar refractivity (Wildman–Crippen MR) is 83.8 cm³/mol. The molecule has 1 aromatic carbocycles. The van der Waals surface area contributed by atoms with E-state index in [1.54, 1.807) is 6.07 Å². The second-order valence-electron chi connectivity index (χ2n) is 5.85. The van der Waals surface area contributed by atoms with Crippen LogP contribution in [0, 0.1) is 5.92 Å². The minimum absolute atomic E-state index is 0.240. The van der Waals surface area contributed by atoms with Crippen LogP contribution in [0.25, 0.3) is 0 Å². The number of amides is 1. The first-order valence-corrected chi connectivity index (χ1v) is 9.04. The lowest BCUT2D eigenvalue weighted by Gasteiger charge is -2.36. The van der Waals surface area contributed by atoms with E-state index in [-0.39, 0.29) is 18.0 Å². The summed E-state index contributed by atoms with van der Waals surface area (Å²) in [5, 5.41) is 12.9. The normalized spacial score (nSPS) is 23.0. The first-order chi connectivity index (χ1) is 10.9. The molecule has 1 saturated heterocycles. The topological polar surface area (TPSA) is 117 Å². The number of nitrogens with two attached hydrogens (primary N) is 1. The van der Waals surface area contributed by atoms with E-state index in [0.29, 0.717) is 12.1 Å². The van der Waals surface area contributed by atoms with Crippen molar-refractivity contribution in [2.45, 2.75) is 19.0 Å². The summed E-state index contributed by atoms with van der Waals surface area (Å²) in [4.78, 5) is 14.0. The van der Waals surface area contributed by atoms with Crippen LogP contribution in [0.4, 0.5) is 0 Å². The molecule has 0 bridgehead atoms. The minimum atomic E-state index is -3.64. The van der Waals surface area contributed by atoms with Gasteiger partial charge >= 0.3 is 0 Å². The van der Waals surface area contributed by atoms with Gasteiger partial charge in [-0.25, -0.2) is 9.86 Å². The zero-order chi connectivity index (χ0) is 16.4. The van der Waals surface area contributed by atoms with Crippen molar-refractivity contribution in [1.29, 1.82) is 0 Å². The Labute approximate surface area is 134 Å². The third kappa shape index (κ3) is 3.81. The number of carbonyl (C=O) groups excluding carboxylic acids is 1. The summed E-state index contributed by atoms with van der Waals surface area (Å²) in [6.07, 6.45) is 1.44. The standard InChI is InChI=1S/C14H19N5O3S/c15-23(21,22)16-9-10-5-7-19(8-6-10)13-11-3-1-2-4-12(11)14(20)18-17-13/h1-4,10,13,16H,5-9H2,(H2,15,21,22). The van der Waals surface area contributed by atoms with Crippen molar-refractivity contribution in [3.05, 3.63) is 35.4 Å². The number of nitrogens with one attached hydrogen (secondary N) is 1. The Morgan fingerprint density at radius 1 is 1.26 bits per heavy atom. The zero-order valence-electron chi connectivity index (χ0n) is 12.6. The summed E-state index contributed by atoms with van der Waals surface area (Å²) in [7, 11) is -3.64. The molecule has 2 aliphatic rings. The van der Waals surface area contributed by atoms with Crippen LogP contribution in [0.5, 0.6) is 0 Å². The van der Waals surface area contributed by atoms with Crippen molar-refractivity contribution < 1.29 is 13.2 Å². The van der Waals surface area contributed by atoms with Crippen molar-refractivity contribution in [2.24, 2.45) is 21.3 Å². The number of piperidine rings is 1. The lowest BCUT2D eigenvalue weighted by atomic mass is 9.95. The molecule has 3 rings (SSSR count). The van der Waals surface area contributed by atoms with Gasteiger partial charge in [0.05, 0.1) is 5.56 Å². The van der Waals surface area contributed by atoms with E-state index in [1.165, 1.54) is 0 Å². The summed E-state index contributed by atoms with van der Waals surface area (Å²) in [5.74, 6) is -0.0499. The smallest absolute Gasteiger partial charge is 0.277 e. The van der Waals surface area contributed by atoms with Crippen molar-refractivity contribution in [2.75, 3.05) is 19.6 Å². The minimum Gasteiger partial charge on any atom is -0.277 e. The van der Waals surface area contributed by atoms with E-state index in [2.05, 4.69) is 19.9 Å². The van der Waals surface area contributed by atoms with Crippen LogP contribution in [-0.2, 0) is 10.2 Å². The number of nitrogens with zero attached hydrogens (tertiary/aromatic N) is 3. The van der Waals surface area contributed by atoms with Crippen LogP contribution in [0.3, 0.4) is 0 Å². The number of benzene rings is 1. The van der Waals surface area contributed by atoms with Gasteiger partial charge in [-0.3, -0.25) is 9.69 Å².